The summed E-state index contributed by atoms with van der Waals surface area (Å²) in [5, 5.41) is 3.44. The molecule has 0 atom stereocenters. The molecule has 1 aromatic heterocycles. The third kappa shape index (κ3) is 4.09. The summed E-state index contributed by atoms with van der Waals surface area (Å²) < 4.78 is 5.32. The Kier molecular flexibility index (Phi) is 4.82. The van der Waals surface area contributed by atoms with E-state index in [0.717, 1.165) is 24.3 Å². The van der Waals surface area contributed by atoms with Crippen molar-refractivity contribution in [1.29, 1.82) is 0 Å². The quantitative estimate of drug-likeness (QED) is 0.873. The Bertz CT molecular complexity index is 383. The van der Waals surface area contributed by atoms with E-state index in [0.29, 0.717) is 11.3 Å². The maximum Gasteiger partial charge on any atom is 0.239 e. The largest absolute Gasteiger partial charge is 0.479 e. The van der Waals surface area contributed by atoms with Crippen LogP contribution in [0.5, 0.6) is 5.88 Å². The van der Waals surface area contributed by atoms with Crippen molar-refractivity contribution in [3.8, 4) is 5.88 Å². The average Bonchev–Trinajstić information content (AvgIpc) is 2.27. The van der Waals surface area contributed by atoms with Crippen LogP contribution in [0, 0.1) is 5.41 Å². The third-order valence-electron chi connectivity index (χ3n) is 2.75. The van der Waals surface area contributed by atoms with Gasteiger partial charge >= 0.3 is 0 Å². The number of pyridine rings is 1. The number of nitrogens with one attached hydrogen (secondary N) is 1. The van der Waals surface area contributed by atoms with Gasteiger partial charge in [0.25, 0.3) is 0 Å². The van der Waals surface area contributed by atoms with Crippen molar-refractivity contribution in [2.45, 2.75) is 27.2 Å². The van der Waals surface area contributed by atoms with Crippen LogP contribution in [-0.2, 0) is 0 Å². The number of anilines is 2. The number of ether oxygens (including phenoxy) is 1. The second-order valence-corrected chi connectivity index (χ2v) is 5.85. The molecule has 1 aromatic rings. The number of methoxy groups -OCH3 is 1. The van der Waals surface area contributed by atoms with E-state index >= 15 is 0 Å². The Morgan fingerprint density at radius 1 is 1.33 bits per heavy atom. The van der Waals surface area contributed by atoms with E-state index in [4.69, 9.17) is 4.74 Å². The Morgan fingerprint density at radius 3 is 2.50 bits per heavy atom. The average molecular weight is 251 g/mol. The first-order chi connectivity index (χ1) is 8.35. The minimum absolute atomic E-state index is 0.320. The first-order valence-electron chi connectivity index (χ1n) is 6.29. The highest BCUT2D eigenvalue weighted by atomic mass is 16.5. The molecule has 0 saturated heterocycles. The molecular weight excluding hydrogens is 226 g/mol. The summed E-state index contributed by atoms with van der Waals surface area (Å²) in [6.07, 6.45) is 2.86. The number of hydrogen-bond donors (Lipinski definition) is 1. The van der Waals surface area contributed by atoms with Gasteiger partial charge in [0.15, 0.2) is 0 Å². The van der Waals surface area contributed by atoms with E-state index in [2.05, 4.69) is 36.0 Å². The number of hydrogen-bond acceptors (Lipinski definition) is 4. The van der Waals surface area contributed by atoms with E-state index in [1.165, 1.54) is 0 Å². The van der Waals surface area contributed by atoms with Gasteiger partial charge in [-0.1, -0.05) is 20.8 Å². The lowest BCUT2D eigenvalue weighted by Crippen LogP contribution is -2.17. The molecule has 4 heteroatoms. The van der Waals surface area contributed by atoms with Gasteiger partial charge in [-0.3, -0.25) is 0 Å². The summed E-state index contributed by atoms with van der Waals surface area (Å²) in [5.41, 5.74) is 2.38. The van der Waals surface area contributed by atoms with Gasteiger partial charge in [-0.2, -0.15) is 0 Å². The van der Waals surface area contributed by atoms with Gasteiger partial charge in [0.1, 0.15) is 5.69 Å². The Balaban J connectivity index is 2.85. The van der Waals surface area contributed by atoms with E-state index in [1.54, 1.807) is 13.3 Å². The molecule has 0 aliphatic carbocycles. The molecule has 0 amide bonds. The van der Waals surface area contributed by atoms with Crippen LogP contribution in [0.2, 0.25) is 0 Å². The van der Waals surface area contributed by atoms with Crippen LogP contribution in [0.4, 0.5) is 11.4 Å². The van der Waals surface area contributed by atoms with E-state index in [-0.39, 0.29) is 0 Å². The van der Waals surface area contributed by atoms with Gasteiger partial charge in [0.2, 0.25) is 5.88 Å². The maximum absolute atomic E-state index is 5.32. The Morgan fingerprint density at radius 2 is 2.00 bits per heavy atom. The standard InChI is InChI=1S/C14H25N3O/c1-14(2,3)8-10-15-12-11(17(4)5)7-9-16-13(12)18-6/h7,9,15H,8,10H2,1-6H3. The van der Waals surface area contributed by atoms with Gasteiger partial charge in [0, 0.05) is 26.8 Å². The summed E-state index contributed by atoms with van der Waals surface area (Å²) in [7, 11) is 5.68. The molecule has 1 N–H and O–H groups in total. The van der Waals surface area contributed by atoms with Crippen molar-refractivity contribution < 1.29 is 4.74 Å². The SMILES string of the molecule is COc1nccc(N(C)C)c1NCCC(C)(C)C. The third-order valence-corrected chi connectivity index (χ3v) is 2.75. The molecule has 0 fully saturated rings. The summed E-state index contributed by atoms with van der Waals surface area (Å²) in [4.78, 5) is 6.30. The first kappa shape index (κ1) is 14.6. The zero-order chi connectivity index (χ0) is 13.8. The monoisotopic (exact) mass is 251 g/mol. The maximum atomic E-state index is 5.32. The van der Waals surface area contributed by atoms with Crippen LogP contribution < -0.4 is 15.0 Å². The second-order valence-electron chi connectivity index (χ2n) is 5.85. The molecule has 0 bridgehead atoms. The summed E-state index contributed by atoms with van der Waals surface area (Å²) in [5.74, 6) is 0.648. The van der Waals surface area contributed by atoms with E-state index in [9.17, 15) is 0 Å². The fourth-order valence-corrected chi connectivity index (χ4v) is 1.69. The minimum atomic E-state index is 0.320. The van der Waals surface area contributed by atoms with Gasteiger partial charge in [-0.25, -0.2) is 4.98 Å². The lowest BCUT2D eigenvalue weighted by atomic mass is 9.92. The van der Waals surface area contributed by atoms with Gasteiger partial charge < -0.3 is 15.0 Å². The summed E-state index contributed by atoms with van der Waals surface area (Å²) >= 11 is 0. The van der Waals surface area contributed by atoms with E-state index in [1.807, 2.05) is 20.2 Å². The summed E-state index contributed by atoms with van der Waals surface area (Å²) in [6.45, 7) is 7.62. The smallest absolute Gasteiger partial charge is 0.239 e. The van der Waals surface area contributed by atoms with Crippen LogP contribution in [-0.4, -0.2) is 32.7 Å². The molecule has 0 radical (unpaired) electrons. The lowest BCUT2D eigenvalue weighted by molar-refractivity contribution is 0.386. The molecule has 18 heavy (non-hydrogen) atoms. The molecule has 102 valence electrons. The van der Waals surface area contributed by atoms with Crippen LogP contribution >= 0.6 is 0 Å². The van der Waals surface area contributed by atoms with Crippen molar-refractivity contribution in [3.63, 3.8) is 0 Å². The topological polar surface area (TPSA) is 37.4 Å². The highest BCUT2D eigenvalue weighted by Crippen LogP contribution is 2.32. The molecule has 0 saturated carbocycles. The van der Waals surface area contributed by atoms with Crippen LogP contribution in [0.25, 0.3) is 0 Å². The fraction of sp³-hybridized carbons (Fsp3) is 0.643. The lowest BCUT2D eigenvalue weighted by Gasteiger charge is -2.22. The number of aromatic nitrogens is 1. The van der Waals surface area contributed by atoms with Crippen LogP contribution in [0.3, 0.4) is 0 Å². The predicted molar refractivity (Wildman–Crippen MR) is 77.7 cm³/mol. The zero-order valence-corrected chi connectivity index (χ0v) is 12.4. The van der Waals surface area contributed by atoms with Crippen LogP contribution in [0.1, 0.15) is 27.2 Å². The second kappa shape index (κ2) is 5.94. The normalized spacial score (nSPS) is 11.2. The molecule has 4 nitrogen and oxygen atoms in total. The predicted octanol–water partition coefficient (Wildman–Crippen LogP) is 3.00. The van der Waals surface area contributed by atoms with Crippen molar-refractivity contribution in [2.24, 2.45) is 5.41 Å². The van der Waals surface area contributed by atoms with Crippen molar-refractivity contribution in [2.75, 3.05) is 38.0 Å². The number of rotatable bonds is 5. The van der Waals surface area contributed by atoms with E-state index < -0.39 is 0 Å². The van der Waals surface area contributed by atoms with Crippen molar-refractivity contribution >= 4 is 11.4 Å². The summed E-state index contributed by atoms with van der Waals surface area (Å²) in [6, 6.07) is 1.99. The molecule has 1 heterocycles. The van der Waals surface area contributed by atoms with Gasteiger partial charge in [-0.15, -0.1) is 0 Å². The Hall–Kier alpha value is -1.45. The van der Waals surface area contributed by atoms with Gasteiger partial charge in [0.05, 0.1) is 12.8 Å². The molecule has 0 unspecified atom stereocenters. The fourth-order valence-electron chi connectivity index (χ4n) is 1.69. The van der Waals surface area contributed by atoms with Crippen LogP contribution in [0.15, 0.2) is 12.3 Å². The molecule has 0 aliphatic rings. The molecular formula is C14H25N3O. The molecule has 0 spiro atoms. The molecule has 0 aliphatic heterocycles. The Labute approximate surface area is 110 Å². The first-order valence-corrected chi connectivity index (χ1v) is 6.29. The van der Waals surface area contributed by atoms with Crippen molar-refractivity contribution in [3.05, 3.63) is 12.3 Å². The zero-order valence-electron chi connectivity index (χ0n) is 12.4. The van der Waals surface area contributed by atoms with Crippen molar-refractivity contribution in [1.82, 2.24) is 4.98 Å². The molecule has 1 rings (SSSR count). The minimum Gasteiger partial charge on any atom is -0.479 e. The van der Waals surface area contributed by atoms with Gasteiger partial charge in [-0.05, 0) is 17.9 Å². The highest BCUT2D eigenvalue weighted by Gasteiger charge is 2.14. The molecule has 0 aromatic carbocycles. The highest BCUT2D eigenvalue weighted by molar-refractivity contribution is 5.74. The number of nitrogens with zero attached hydrogens (tertiary/aromatic N) is 2.